The molecule has 1 aromatic carbocycles. The Hall–Kier alpha value is -3.43. The Labute approximate surface area is 199 Å². The van der Waals surface area contributed by atoms with Crippen LogP contribution in [0.3, 0.4) is 0 Å². The molecule has 1 aromatic heterocycles. The van der Waals surface area contributed by atoms with E-state index in [2.05, 4.69) is 5.10 Å². The summed E-state index contributed by atoms with van der Waals surface area (Å²) in [4.78, 5) is 39.8. The number of hydrogen-bond acceptors (Lipinski definition) is 6. The molecule has 1 aliphatic heterocycles. The van der Waals surface area contributed by atoms with Crippen molar-refractivity contribution in [1.82, 2.24) is 19.6 Å². The molecule has 1 fully saturated rings. The molecule has 1 saturated heterocycles. The van der Waals surface area contributed by atoms with Gasteiger partial charge in [-0.25, -0.2) is 9.48 Å². The molecule has 2 amide bonds. The van der Waals surface area contributed by atoms with Crippen LogP contribution in [0.5, 0.6) is 0 Å². The summed E-state index contributed by atoms with van der Waals surface area (Å²) in [6.07, 6.45) is 4.59. The Morgan fingerprint density at radius 1 is 1.26 bits per heavy atom. The van der Waals surface area contributed by atoms with Crippen LogP contribution < -0.4 is 0 Å². The molecular weight excluding hydrogens is 438 g/mol. The minimum atomic E-state index is -0.567. The topological polar surface area (TPSA) is 111 Å². The number of aromatic nitrogens is 2. The fourth-order valence-corrected chi connectivity index (χ4v) is 3.98. The number of amides is 2. The van der Waals surface area contributed by atoms with Crippen molar-refractivity contribution < 1.29 is 19.2 Å². The van der Waals surface area contributed by atoms with Gasteiger partial charge in [-0.05, 0) is 65.5 Å². The van der Waals surface area contributed by atoms with Gasteiger partial charge in [-0.3, -0.25) is 14.9 Å². The zero-order valence-corrected chi connectivity index (χ0v) is 20.4. The smallest absolute Gasteiger partial charge is 0.410 e. The Morgan fingerprint density at radius 2 is 1.94 bits per heavy atom. The summed E-state index contributed by atoms with van der Waals surface area (Å²) < 4.78 is 7.10. The number of piperidine rings is 1. The number of benzene rings is 1. The van der Waals surface area contributed by atoms with Crippen LogP contribution in [-0.4, -0.2) is 67.8 Å². The molecule has 0 spiro atoms. The standard InChI is InChI=1S/C24H33N5O5/c1-17(2)27(23(31)34-24(3,4)5)15-18-7-6-12-26(14-18)22(30)19-13-25-28(16-19)20-8-10-21(11-9-20)29(32)33/h8-11,13,16-18H,6-7,12,14-15H2,1-5H3. The van der Waals surface area contributed by atoms with Crippen LogP contribution in [-0.2, 0) is 4.74 Å². The number of nitrogens with zero attached hydrogens (tertiary/aromatic N) is 5. The van der Waals surface area contributed by atoms with Crippen molar-refractivity contribution in [3.63, 3.8) is 0 Å². The van der Waals surface area contributed by atoms with E-state index in [0.717, 1.165) is 12.8 Å². The Bertz CT molecular complexity index is 1030. The number of rotatable bonds is 6. The molecule has 0 aliphatic carbocycles. The second-order valence-corrected chi connectivity index (χ2v) is 9.93. The van der Waals surface area contributed by atoms with Gasteiger partial charge >= 0.3 is 6.09 Å². The van der Waals surface area contributed by atoms with Gasteiger partial charge in [0.15, 0.2) is 0 Å². The number of carbonyl (C=O) groups is 2. The van der Waals surface area contributed by atoms with Crippen LogP contribution in [0.1, 0.15) is 57.8 Å². The van der Waals surface area contributed by atoms with E-state index >= 15 is 0 Å². The molecule has 0 bridgehead atoms. The number of nitro groups is 1. The molecule has 3 rings (SSSR count). The average molecular weight is 472 g/mol. The highest BCUT2D eigenvalue weighted by Gasteiger charge is 2.31. The third kappa shape index (κ3) is 6.33. The van der Waals surface area contributed by atoms with E-state index in [-0.39, 0.29) is 29.6 Å². The summed E-state index contributed by atoms with van der Waals surface area (Å²) in [5.41, 5.74) is 0.508. The second kappa shape index (κ2) is 10.2. The first-order valence-corrected chi connectivity index (χ1v) is 11.5. The minimum Gasteiger partial charge on any atom is -0.444 e. The monoisotopic (exact) mass is 471 g/mol. The van der Waals surface area contributed by atoms with Gasteiger partial charge in [0.25, 0.3) is 11.6 Å². The summed E-state index contributed by atoms with van der Waals surface area (Å²) in [6, 6.07) is 5.97. The largest absolute Gasteiger partial charge is 0.444 e. The molecule has 2 heterocycles. The number of likely N-dealkylation sites (tertiary alicyclic amines) is 1. The van der Waals surface area contributed by atoms with E-state index in [1.807, 2.05) is 34.6 Å². The van der Waals surface area contributed by atoms with Crippen molar-refractivity contribution >= 4 is 17.7 Å². The molecule has 34 heavy (non-hydrogen) atoms. The summed E-state index contributed by atoms with van der Waals surface area (Å²) in [5.74, 6) is 0.0311. The summed E-state index contributed by atoms with van der Waals surface area (Å²) in [7, 11) is 0. The van der Waals surface area contributed by atoms with Crippen LogP contribution >= 0.6 is 0 Å². The van der Waals surface area contributed by atoms with Crippen LogP contribution in [0.15, 0.2) is 36.7 Å². The molecule has 2 aromatic rings. The molecule has 1 unspecified atom stereocenters. The van der Waals surface area contributed by atoms with Gasteiger partial charge in [0.2, 0.25) is 0 Å². The van der Waals surface area contributed by atoms with E-state index in [4.69, 9.17) is 4.74 Å². The molecular formula is C24H33N5O5. The highest BCUT2D eigenvalue weighted by atomic mass is 16.6. The maximum Gasteiger partial charge on any atom is 0.410 e. The lowest BCUT2D eigenvalue weighted by atomic mass is 9.96. The van der Waals surface area contributed by atoms with Gasteiger partial charge in [0.1, 0.15) is 5.60 Å². The minimum absolute atomic E-state index is 0.00612. The molecule has 0 saturated carbocycles. The van der Waals surface area contributed by atoms with E-state index in [0.29, 0.717) is 30.9 Å². The van der Waals surface area contributed by atoms with E-state index in [1.54, 1.807) is 28.1 Å². The van der Waals surface area contributed by atoms with Gasteiger partial charge in [0, 0.05) is 44.0 Å². The van der Waals surface area contributed by atoms with Crippen molar-refractivity contribution in [2.24, 2.45) is 5.92 Å². The maximum absolute atomic E-state index is 13.2. The first kappa shape index (κ1) is 25.2. The van der Waals surface area contributed by atoms with Crippen molar-refractivity contribution in [3.8, 4) is 5.69 Å². The number of non-ortho nitro benzene ring substituents is 1. The predicted molar refractivity (Wildman–Crippen MR) is 127 cm³/mol. The zero-order valence-electron chi connectivity index (χ0n) is 20.4. The number of ether oxygens (including phenoxy) is 1. The first-order valence-electron chi connectivity index (χ1n) is 11.5. The molecule has 1 aliphatic rings. The van der Waals surface area contributed by atoms with Crippen molar-refractivity contribution in [1.29, 1.82) is 0 Å². The van der Waals surface area contributed by atoms with Crippen LogP contribution in [0.25, 0.3) is 5.69 Å². The van der Waals surface area contributed by atoms with Crippen LogP contribution in [0.2, 0.25) is 0 Å². The highest BCUT2D eigenvalue weighted by molar-refractivity contribution is 5.93. The SMILES string of the molecule is CC(C)N(CC1CCCN(C(=O)c2cnn(-c3ccc([N+](=O)[O-])cc3)c2)C1)C(=O)OC(C)(C)C. The normalized spacial score (nSPS) is 16.4. The fraction of sp³-hybridized carbons (Fsp3) is 0.542. The number of nitro benzene ring substituents is 1. The first-order chi connectivity index (χ1) is 15.9. The number of carbonyl (C=O) groups excluding carboxylic acids is 2. The lowest BCUT2D eigenvalue weighted by Gasteiger charge is -2.37. The lowest BCUT2D eigenvalue weighted by Crippen LogP contribution is -2.48. The van der Waals surface area contributed by atoms with Gasteiger partial charge in [-0.2, -0.15) is 5.10 Å². The Morgan fingerprint density at radius 3 is 2.53 bits per heavy atom. The van der Waals surface area contributed by atoms with Crippen LogP contribution in [0, 0.1) is 16.0 Å². The summed E-state index contributed by atoms with van der Waals surface area (Å²) >= 11 is 0. The third-order valence-corrected chi connectivity index (χ3v) is 5.67. The molecule has 184 valence electrons. The molecule has 0 radical (unpaired) electrons. The van der Waals surface area contributed by atoms with E-state index in [1.165, 1.54) is 23.0 Å². The lowest BCUT2D eigenvalue weighted by molar-refractivity contribution is -0.384. The van der Waals surface area contributed by atoms with Crippen molar-refractivity contribution in [3.05, 3.63) is 52.3 Å². The van der Waals surface area contributed by atoms with Crippen molar-refractivity contribution in [2.45, 2.75) is 59.1 Å². The Kier molecular flexibility index (Phi) is 7.58. The fourth-order valence-electron chi connectivity index (χ4n) is 3.98. The van der Waals surface area contributed by atoms with Gasteiger partial charge in [-0.15, -0.1) is 0 Å². The quantitative estimate of drug-likeness (QED) is 0.459. The Balaban J connectivity index is 1.66. The molecule has 1 atom stereocenters. The van der Waals surface area contributed by atoms with Gasteiger partial charge in [-0.1, -0.05) is 0 Å². The van der Waals surface area contributed by atoms with E-state index < -0.39 is 10.5 Å². The van der Waals surface area contributed by atoms with Crippen molar-refractivity contribution in [2.75, 3.05) is 19.6 Å². The van der Waals surface area contributed by atoms with E-state index in [9.17, 15) is 19.7 Å². The second-order valence-electron chi connectivity index (χ2n) is 9.93. The zero-order chi connectivity index (χ0) is 25.0. The van der Waals surface area contributed by atoms with Gasteiger partial charge < -0.3 is 14.5 Å². The number of hydrogen-bond donors (Lipinski definition) is 0. The maximum atomic E-state index is 13.2. The third-order valence-electron chi connectivity index (χ3n) is 5.67. The highest BCUT2D eigenvalue weighted by Crippen LogP contribution is 2.23. The average Bonchev–Trinajstić information content (AvgIpc) is 3.26. The van der Waals surface area contributed by atoms with Gasteiger partial charge in [0.05, 0.1) is 22.4 Å². The summed E-state index contributed by atoms with van der Waals surface area (Å²) in [5, 5.41) is 15.1. The molecule has 0 N–H and O–H groups in total. The summed E-state index contributed by atoms with van der Waals surface area (Å²) in [6.45, 7) is 11.2. The molecule has 10 heteroatoms. The molecule has 10 nitrogen and oxygen atoms in total. The predicted octanol–water partition coefficient (Wildman–Crippen LogP) is 4.28. The van der Waals surface area contributed by atoms with Crippen LogP contribution in [0.4, 0.5) is 10.5 Å².